The summed E-state index contributed by atoms with van der Waals surface area (Å²) >= 11 is 0. The number of carbonyl (C=O) groups is 2. The second kappa shape index (κ2) is 60.6. The quantitative estimate of drug-likeness (QED) is 0.0212. The molecule has 81 heavy (non-hydrogen) atoms. The zero-order valence-corrected chi connectivity index (χ0v) is 54.9. The minimum atomic E-state index is -4.71. The minimum absolute atomic E-state index is 0.0301. The summed E-state index contributed by atoms with van der Waals surface area (Å²) in [6, 6.07) is -0.907. The number of phosphoric ester groups is 1. The number of rotatable bonds is 62. The third-order valence-electron chi connectivity index (χ3n) is 15.1. The summed E-state index contributed by atoms with van der Waals surface area (Å²) in [5, 5.41) is 3.02. The van der Waals surface area contributed by atoms with Gasteiger partial charge in [0.15, 0.2) is 0 Å². The number of nitrogens with one attached hydrogen (secondary N) is 1. The van der Waals surface area contributed by atoms with Gasteiger partial charge in [0.05, 0.1) is 33.8 Å². The smallest absolute Gasteiger partial charge is 0.306 e. The standard InChI is InChI=1S/C71H131N2O7P/c1-7-10-13-16-19-22-25-27-29-31-33-34-35-36-37-38-40-42-44-46-49-52-55-58-61-64-71(75)80-69(62-59-56-53-50-47-24-21-18-15-12-9-3)68(67-79-81(76,77)78-66-65-73(4,5)6)72-70(74)63-60-57-54-51-48-45-43-41-39-32-30-28-26-23-20-17-14-11-8-2/h20,23,27-30,39,41,45,48,59,62,68-69H,7-19,21-22,24-26,31-38,40,42-44,46-47,49-58,60-61,63-67H2,1-6H3,(H-,72,74,76,77)/b23-20-,29-27+,30-28-,41-39-,48-45-,62-59-. The summed E-state index contributed by atoms with van der Waals surface area (Å²) in [6.07, 6.45) is 78.9. The third-order valence-corrected chi connectivity index (χ3v) is 16.1. The average Bonchev–Trinajstić information content (AvgIpc) is 3.43. The van der Waals surface area contributed by atoms with Crippen LogP contribution in [0.1, 0.15) is 316 Å². The van der Waals surface area contributed by atoms with Crippen molar-refractivity contribution in [3.05, 3.63) is 72.9 Å². The van der Waals surface area contributed by atoms with Crippen molar-refractivity contribution in [1.29, 1.82) is 0 Å². The van der Waals surface area contributed by atoms with Crippen LogP contribution in [0.25, 0.3) is 0 Å². The van der Waals surface area contributed by atoms with Crippen molar-refractivity contribution in [1.82, 2.24) is 5.32 Å². The molecule has 0 fully saturated rings. The van der Waals surface area contributed by atoms with Crippen LogP contribution in [0.3, 0.4) is 0 Å². The van der Waals surface area contributed by atoms with E-state index >= 15 is 0 Å². The third kappa shape index (κ3) is 61.8. The van der Waals surface area contributed by atoms with Crippen molar-refractivity contribution in [2.45, 2.75) is 328 Å². The van der Waals surface area contributed by atoms with Gasteiger partial charge < -0.3 is 28.5 Å². The number of nitrogens with zero attached hydrogens (tertiary/aromatic N) is 1. The fourth-order valence-corrected chi connectivity index (χ4v) is 10.5. The highest BCUT2D eigenvalue weighted by molar-refractivity contribution is 7.45. The highest BCUT2D eigenvalue weighted by Gasteiger charge is 2.27. The number of amides is 1. The van der Waals surface area contributed by atoms with Crippen LogP contribution in [0.2, 0.25) is 0 Å². The van der Waals surface area contributed by atoms with Crippen molar-refractivity contribution in [2.75, 3.05) is 40.9 Å². The molecule has 0 aliphatic carbocycles. The molecule has 0 saturated heterocycles. The Morgan fingerprint density at radius 3 is 1.17 bits per heavy atom. The molecule has 0 aromatic heterocycles. The lowest BCUT2D eigenvalue weighted by molar-refractivity contribution is -0.870. The maximum atomic E-state index is 13.5. The first kappa shape index (κ1) is 78.5. The first-order chi connectivity index (χ1) is 39.4. The molecule has 0 bridgehead atoms. The first-order valence-electron chi connectivity index (χ1n) is 34.2. The number of hydrogen-bond donors (Lipinski definition) is 1. The Hall–Kier alpha value is -2.55. The molecule has 0 saturated carbocycles. The van der Waals surface area contributed by atoms with Gasteiger partial charge in [0.25, 0.3) is 7.82 Å². The number of phosphoric acid groups is 1. The number of unbranched alkanes of at least 4 members (excludes halogenated alkanes) is 36. The van der Waals surface area contributed by atoms with Crippen molar-refractivity contribution in [3.63, 3.8) is 0 Å². The van der Waals surface area contributed by atoms with E-state index < -0.39 is 26.6 Å². The largest absolute Gasteiger partial charge is 0.756 e. The number of allylic oxidation sites excluding steroid dienone is 11. The average molecular weight is 1160 g/mol. The van der Waals surface area contributed by atoms with Gasteiger partial charge in [-0.3, -0.25) is 14.2 Å². The summed E-state index contributed by atoms with van der Waals surface area (Å²) in [5.41, 5.74) is 0. The molecule has 1 amide bonds. The molecule has 0 heterocycles. The van der Waals surface area contributed by atoms with Crippen molar-refractivity contribution in [2.24, 2.45) is 0 Å². The van der Waals surface area contributed by atoms with E-state index in [2.05, 4.69) is 86.8 Å². The van der Waals surface area contributed by atoms with E-state index in [-0.39, 0.29) is 31.3 Å². The molecule has 0 aromatic carbocycles. The molecular weight excluding hydrogens is 1020 g/mol. The molecule has 0 radical (unpaired) electrons. The van der Waals surface area contributed by atoms with Gasteiger partial charge in [-0.2, -0.15) is 0 Å². The Morgan fingerprint density at radius 2 is 0.753 bits per heavy atom. The van der Waals surface area contributed by atoms with Crippen LogP contribution in [0, 0.1) is 0 Å². The van der Waals surface area contributed by atoms with Gasteiger partial charge in [0.2, 0.25) is 5.91 Å². The Kier molecular flexibility index (Phi) is 58.7. The fourth-order valence-electron chi connectivity index (χ4n) is 9.80. The normalized spacial score (nSPS) is 14.0. The predicted octanol–water partition coefficient (Wildman–Crippen LogP) is 20.9. The van der Waals surface area contributed by atoms with Gasteiger partial charge in [-0.1, -0.05) is 274 Å². The van der Waals surface area contributed by atoms with Crippen LogP contribution in [-0.2, 0) is 27.9 Å². The molecule has 9 nitrogen and oxygen atoms in total. The number of likely N-dealkylation sites (N-methyl/N-ethyl adjacent to an activating group) is 1. The lowest BCUT2D eigenvalue weighted by atomic mass is 10.0. The molecule has 472 valence electrons. The number of quaternary nitrogens is 1. The lowest BCUT2D eigenvalue weighted by Gasteiger charge is -2.30. The molecule has 3 atom stereocenters. The van der Waals surface area contributed by atoms with Crippen molar-refractivity contribution < 1.29 is 37.3 Å². The van der Waals surface area contributed by atoms with Gasteiger partial charge in [-0.25, -0.2) is 0 Å². The molecule has 0 aliphatic heterocycles. The van der Waals surface area contributed by atoms with E-state index in [0.717, 1.165) is 77.0 Å². The van der Waals surface area contributed by atoms with Gasteiger partial charge in [0.1, 0.15) is 19.3 Å². The van der Waals surface area contributed by atoms with E-state index in [1.807, 2.05) is 33.3 Å². The summed E-state index contributed by atoms with van der Waals surface area (Å²) in [7, 11) is 1.16. The molecule has 0 rings (SSSR count). The maximum Gasteiger partial charge on any atom is 0.306 e. The molecule has 0 aliphatic rings. The zero-order valence-electron chi connectivity index (χ0n) is 54.0. The second-order valence-corrected chi connectivity index (χ2v) is 25.7. The van der Waals surface area contributed by atoms with Crippen molar-refractivity contribution >= 4 is 19.7 Å². The molecule has 3 unspecified atom stereocenters. The molecule has 10 heteroatoms. The van der Waals surface area contributed by atoms with E-state index in [1.54, 1.807) is 0 Å². The minimum Gasteiger partial charge on any atom is -0.756 e. The van der Waals surface area contributed by atoms with E-state index in [1.165, 1.54) is 199 Å². The molecular formula is C71H131N2O7P. The monoisotopic (exact) mass is 1150 g/mol. The Labute approximate surface area is 502 Å². The van der Waals surface area contributed by atoms with Gasteiger partial charge in [0, 0.05) is 12.8 Å². The molecule has 0 aromatic rings. The van der Waals surface area contributed by atoms with Crippen LogP contribution in [-0.4, -0.2) is 69.4 Å². The lowest BCUT2D eigenvalue weighted by Crippen LogP contribution is -2.47. The topological polar surface area (TPSA) is 114 Å². The van der Waals surface area contributed by atoms with E-state index in [9.17, 15) is 19.0 Å². The SMILES string of the molecule is CCCCC/C=C\C/C=C\C/C=C\C/C=C\CCCCCC(=O)NC(COP(=O)([O-])OCC[N+](C)(C)C)C(/C=C\CCCCCCCCCCC)OC(=O)CCCCCCCCCCCCCCCCC/C=C/CCCCCCCC. The summed E-state index contributed by atoms with van der Waals surface area (Å²) in [6.45, 7) is 6.80. The zero-order chi connectivity index (χ0) is 59.3. The van der Waals surface area contributed by atoms with E-state index in [4.69, 9.17) is 13.8 Å². The Bertz CT molecular complexity index is 1620. The predicted molar refractivity (Wildman–Crippen MR) is 348 cm³/mol. The van der Waals surface area contributed by atoms with Gasteiger partial charge >= 0.3 is 5.97 Å². The Morgan fingerprint density at radius 1 is 0.432 bits per heavy atom. The second-order valence-electron chi connectivity index (χ2n) is 24.3. The fraction of sp³-hybridized carbons (Fsp3) is 0.803. The van der Waals surface area contributed by atoms with Crippen molar-refractivity contribution in [3.8, 4) is 0 Å². The first-order valence-corrected chi connectivity index (χ1v) is 35.7. The van der Waals surface area contributed by atoms with Crippen LogP contribution in [0.15, 0.2) is 72.9 Å². The van der Waals surface area contributed by atoms with E-state index in [0.29, 0.717) is 17.4 Å². The Balaban J connectivity index is 5.09. The number of carbonyl (C=O) groups excluding carboxylic acids is 2. The van der Waals surface area contributed by atoms with Crippen LogP contribution >= 0.6 is 7.82 Å². The van der Waals surface area contributed by atoms with Gasteiger partial charge in [-0.15, -0.1) is 0 Å². The molecule has 0 spiro atoms. The number of esters is 1. The summed E-state index contributed by atoms with van der Waals surface area (Å²) in [4.78, 5) is 40.1. The molecule has 1 N–H and O–H groups in total. The van der Waals surface area contributed by atoms with Crippen LogP contribution in [0.5, 0.6) is 0 Å². The maximum absolute atomic E-state index is 13.5. The summed E-state index contributed by atoms with van der Waals surface area (Å²) in [5.74, 6) is -0.570. The number of ether oxygens (including phenoxy) is 1. The van der Waals surface area contributed by atoms with Crippen LogP contribution < -0.4 is 10.2 Å². The van der Waals surface area contributed by atoms with Gasteiger partial charge in [-0.05, 0) is 102 Å². The summed E-state index contributed by atoms with van der Waals surface area (Å²) < 4.78 is 30.4. The highest BCUT2D eigenvalue weighted by atomic mass is 31.2. The number of hydrogen-bond acceptors (Lipinski definition) is 7. The highest BCUT2D eigenvalue weighted by Crippen LogP contribution is 2.38. The van der Waals surface area contributed by atoms with Crippen LogP contribution in [0.4, 0.5) is 0 Å².